The molecule has 1 aromatic carbocycles. The quantitative estimate of drug-likeness (QED) is 0.675. The molecule has 6 heteroatoms. The van der Waals surface area contributed by atoms with E-state index in [0.717, 1.165) is 0 Å². The Labute approximate surface area is 124 Å². The fourth-order valence-electron chi connectivity index (χ4n) is 1.91. The van der Waals surface area contributed by atoms with Gasteiger partial charge in [-0.05, 0) is 39.1 Å². The molecule has 1 atom stereocenters. The first-order valence-electron chi connectivity index (χ1n) is 6.86. The Bertz CT molecular complexity index is 501. The summed E-state index contributed by atoms with van der Waals surface area (Å²) in [6, 6.07) is 4.09. The van der Waals surface area contributed by atoms with Gasteiger partial charge < -0.3 is 19.9 Å². The van der Waals surface area contributed by atoms with Crippen LogP contribution in [0.3, 0.4) is 0 Å². The lowest BCUT2D eigenvalue weighted by Crippen LogP contribution is -2.36. The number of ether oxygens (including phenoxy) is 2. The lowest BCUT2D eigenvalue weighted by atomic mass is 10.0. The van der Waals surface area contributed by atoms with E-state index < -0.39 is 12.0 Å². The molecule has 1 rings (SSSR count). The first-order valence-corrected chi connectivity index (χ1v) is 6.86. The summed E-state index contributed by atoms with van der Waals surface area (Å²) < 4.78 is 10.9. The highest BCUT2D eigenvalue weighted by molar-refractivity contribution is 6.02. The molecule has 0 aliphatic heterocycles. The maximum atomic E-state index is 12.3. The number of ketones is 1. The highest BCUT2D eigenvalue weighted by Crippen LogP contribution is 2.29. The Morgan fingerprint density at radius 3 is 2.33 bits per heavy atom. The number of likely N-dealkylation sites (N-methyl/N-ethyl adjacent to an activating group) is 1. The summed E-state index contributed by atoms with van der Waals surface area (Å²) in [5.41, 5.74) is 0.391. The molecule has 0 aromatic heterocycles. The number of hydrogen-bond donors (Lipinski definition) is 2. The van der Waals surface area contributed by atoms with Crippen molar-refractivity contribution in [2.45, 2.75) is 26.3 Å². The van der Waals surface area contributed by atoms with Crippen LogP contribution in [0.2, 0.25) is 0 Å². The van der Waals surface area contributed by atoms with Gasteiger partial charge in [-0.25, -0.2) is 0 Å². The number of benzene rings is 1. The van der Waals surface area contributed by atoms with Gasteiger partial charge in [-0.1, -0.05) is 0 Å². The molecule has 0 saturated heterocycles. The predicted octanol–water partition coefficient (Wildman–Crippen LogP) is 1.73. The highest BCUT2D eigenvalue weighted by Gasteiger charge is 2.22. The smallest absolute Gasteiger partial charge is 0.305 e. The number of carbonyl (C=O) groups excluding carboxylic acids is 1. The van der Waals surface area contributed by atoms with Crippen LogP contribution in [0.1, 0.15) is 30.6 Å². The maximum absolute atomic E-state index is 12.3. The zero-order chi connectivity index (χ0) is 15.8. The number of hydrogen-bond acceptors (Lipinski definition) is 5. The van der Waals surface area contributed by atoms with E-state index in [1.165, 1.54) is 0 Å². The van der Waals surface area contributed by atoms with Crippen molar-refractivity contribution in [1.82, 2.24) is 5.32 Å². The van der Waals surface area contributed by atoms with Gasteiger partial charge in [0.1, 0.15) is 0 Å². The molecule has 0 radical (unpaired) electrons. The van der Waals surface area contributed by atoms with Gasteiger partial charge in [-0.2, -0.15) is 0 Å². The first kappa shape index (κ1) is 17.0. The maximum Gasteiger partial charge on any atom is 0.305 e. The molecule has 0 aliphatic carbocycles. The predicted molar refractivity (Wildman–Crippen MR) is 78.2 cm³/mol. The van der Waals surface area contributed by atoms with Crippen LogP contribution in [-0.4, -0.2) is 43.2 Å². The van der Waals surface area contributed by atoms with Crippen LogP contribution in [0.15, 0.2) is 18.2 Å². The average Bonchev–Trinajstić information content (AvgIpc) is 2.46. The third-order valence-electron chi connectivity index (χ3n) is 2.87. The molecule has 0 amide bonds. The summed E-state index contributed by atoms with van der Waals surface area (Å²) in [4.78, 5) is 23.1. The topological polar surface area (TPSA) is 84.9 Å². The third kappa shape index (κ3) is 4.75. The average molecular weight is 295 g/mol. The van der Waals surface area contributed by atoms with Gasteiger partial charge in [0, 0.05) is 5.56 Å². The molecule has 0 spiro atoms. The van der Waals surface area contributed by atoms with E-state index in [1.54, 1.807) is 25.2 Å². The van der Waals surface area contributed by atoms with Crippen LogP contribution in [0.25, 0.3) is 0 Å². The number of nitrogens with one attached hydrogen (secondary N) is 1. The van der Waals surface area contributed by atoms with Gasteiger partial charge in [-0.15, -0.1) is 0 Å². The Morgan fingerprint density at radius 1 is 1.19 bits per heavy atom. The molecule has 0 fully saturated rings. The summed E-state index contributed by atoms with van der Waals surface area (Å²) in [5.74, 6) is -0.270. The van der Waals surface area contributed by atoms with Crippen molar-refractivity contribution in [1.29, 1.82) is 0 Å². The molecule has 0 aliphatic rings. The molecule has 0 heterocycles. The molecule has 6 nitrogen and oxygen atoms in total. The minimum Gasteiger partial charge on any atom is -0.490 e. The van der Waals surface area contributed by atoms with Crippen LogP contribution in [0.4, 0.5) is 0 Å². The van der Waals surface area contributed by atoms with E-state index in [1.807, 2.05) is 13.8 Å². The SMILES string of the molecule is CCOc1ccc(C(=O)C(CC(=O)O)NC)cc1OCC. The summed E-state index contributed by atoms with van der Waals surface area (Å²) in [5, 5.41) is 11.5. The fourth-order valence-corrected chi connectivity index (χ4v) is 1.91. The van der Waals surface area contributed by atoms with Crippen molar-refractivity contribution in [2.24, 2.45) is 0 Å². The van der Waals surface area contributed by atoms with Gasteiger partial charge >= 0.3 is 5.97 Å². The lowest BCUT2D eigenvalue weighted by molar-refractivity contribution is -0.137. The summed E-state index contributed by atoms with van der Waals surface area (Å²) in [6.07, 6.45) is -0.271. The Kier molecular flexibility index (Phi) is 6.68. The Balaban J connectivity index is 3.03. The van der Waals surface area contributed by atoms with Crippen molar-refractivity contribution in [3.63, 3.8) is 0 Å². The molecule has 21 heavy (non-hydrogen) atoms. The highest BCUT2D eigenvalue weighted by atomic mass is 16.5. The summed E-state index contributed by atoms with van der Waals surface area (Å²) in [7, 11) is 1.56. The lowest BCUT2D eigenvalue weighted by Gasteiger charge is -2.15. The summed E-state index contributed by atoms with van der Waals surface area (Å²) in [6.45, 7) is 4.64. The Morgan fingerprint density at radius 2 is 1.81 bits per heavy atom. The largest absolute Gasteiger partial charge is 0.490 e. The monoisotopic (exact) mass is 295 g/mol. The molecule has 116 valence electrons. The number of aliphatic carboxylic acids is 1. The van der Waals surface area contributed by atoms with Gasteiger partial charge in [0.15, 0.2) is 17.3 Å². The van der Waals surface area contributed by atoms with Crippen LogP contribution in [0, 0.1) is 0 Å². The second-order valence-electron chi connectivity index (χ2n) is 4.33. The number of Topliss-reactive ketones (excluding diaryl/α,β-unsaturated/α-hetero) is 1. The second kappa shape index (κ2) is 8.26. The van der Waals surface area contributed by atoms with Crippen LogP contribution in [-0.2, 0) is 4.79 Å². The van der Waals surface area contributed by atoms with Gasteiger partial charge in [0.25, 0.3) is 0 Å². The Hall–Kier alpha value is -2.08. The van der Waals surface area contributed by atoms with Crippen molar-refractivity contribution < 1.29 is 24.2 Å². The fraction of sp³-hybridized carbons (Fsp3) is 0.467. The zero-order valence-electron chi connectivity index (χ0n) is 12.5. The van der Waals surface area contributed by atoms with Crippen molar-refractivity contribution in [3.05, 3.63) is 23.8 Å². The first-order chi connectivity index (χ1) is 10.0. The standard InChI is InChI=1S/C15H21NO5/c1-4-20-12-7-6-10(8-13(12)21-5-2)15(19)11(16-3)9-14(17)18/h6-8,11,16H,4-5,9H2,1-3H3,(H,17,18). The van der Waals surface area contributed by atoms with Crippen LogP contribution >= 0.6 is 0 Å². The van der Waals surface area contributed by atoms with Crippen LogP contribution < -0.4 is 14.8 Å². The summed E-state index contributed by atoms with van der Waals surface area (Å²) >= 11 is 0. The normalized spacial score (nSPS) is 11.8. The van der Waals surface area contributed by atoms with E-state index in [-0.39, 0.29) is 12.2 Å². The third-order valence-corrected chi connectivity index (χ3v) is 2.87. The van der Waals surface area contributed by atoms with Crippen LogP contribution in [0.5, 0.6) is 11.5 Å². The molecular formula is C15H21NO5. The van der Waals surface area contributed by atoms with Crippen molar-refractivity contribution in [3.8, 4) is 11.5 Å². The number of carboxylic acids is 1. The van der Waals surface area contributed by atoms with Gasteiger partial charge in [0.05, 0.1) is 25.7 Å². The minimum atomic E-state index is -1.03. The minimum absolute atomic E-state index is 0.271. The molecule has 1 aromatic rings. The van der Waals surface area contributed by atoms with Gasteiger partial charge in [-0.3, -0.25) is 9.59 Å². The van der Waals surface area contributed by atoms with E-state index in [2.05, 4.69) is 5.32 Å². The molecule has 0 bridgehead atoms. The van der Waals surface area contributed by atoms with Gasteiger partial charge in [0.2, 0.25) is 0 Å². The van der Waals surface area contributed by atoms with Crippen molar-refractivity contribution in [2.75, 3.05) is 20.3 Å². The number of carboxylic acid groups (broad SMARTS) is 1. The van der Waals surface area contributed by atoms with E-state index in [9.17, 15) is 9.59 Å². The molecule has 0 saturated carbocycles. The molecule has 2 N–H and O–H groups in total. The molecular weight excluding hydrogens is 274 g/mol. The van der Waals surface area contributed by atoms with Crippen molar-refractivity contribution >= 4 is 11.8 Å². The van der Waals surface area contributed by atoms with E-state index >= 15 is 0 Å². The molecule has 1 unspecified atom stereocenters. The number of rotatable bonds is 9. The zero-order valence-corrected chi connectivity index (χ0v) is 12.5. The number of carbonyl (C=O) groups is 2. The van der Waals surface area contributed by atoms with E-state index in [0.29, 0.717) is 30.3 Å². The van der Waals surface area contributed by atoms with E-state index in [4.69, 9.17) is 14.6 Å². The second-order valence-corrected chi connectivity index (χ2v) is 4.33.